The van der Waals surface area contributed by atoms with Crippen molar-refractivity contribution >= 4 is 11.6 Å². The summed E-state index contributed by atoms with van der Waals surface area (Å²) in [6, 6.07) is 0. The number of hydrogen-bond acceptors (Lipinski definition) is 1. The maximum Gasteiger partial charge on any atom is 0.0457 e. The summed E-state index contributed by atoms with van der Waals surface area (Å²) in [7, 11) is 0. The van der Waals surface area contributed by atoms with Crippen molar-refractivity contribution in [1.29, 1.82) is 0 Å². The van der Waals surface area contributed by atoms with Crippen molar-refractivity contribution < 1.29 is 5.11 Å². The summed E-state index contributed by atoms with van der Waals surface area (Å²) in [5.74, 6) is 0.350. The van der Waals surface area contributed by atoms with Crippen LogP contribution in [0.2, 0.25) is 0 Å². The van der Waals surface area contributed by atoms with Gasteiger partial charge in [0.2, 0.25) is 0 Å². The average Bonchev–Trinajstić information content (AvgIpc) is 1.65. The van der Waals surface area contributed by atoms with Gasteiger partial charge in [0.15, 0.2) is 0 Å². The fourth-order valence-corrected chi connectivity index (χ4v) is 0.933. The van der Waals surface area contributed by atoms with Crippen molar-refractivity contribution in [2.45, 2.75) is 25.6 Å². The molecule has 0 rings (SSSR count). The van der Waals surface area contributed by atoms with Gasteiger partial charge in [0.05, 0.1) is 0 Å². The Morgan fingerprint density at radius 2 is 2.00 bits per heavy atom. The fraction of sp³-hybridized carbons (Fsp3) is 1.00. The standard InChI is InChI=1S/C6H13ClO/c1-5(4-8)3-6(2)7/h5-6,8H,3-4H2,1-2H3. The summed E-state index contributed by atoms with van der Waals surface area (Å²) in [6.45, 7) is 4.17. The number of rotatable bonds is 3. The highest BCUT2D eigenvalue weighted by Gasteiger charge is 2.02. The molecule has 0 aliphatic rings. The van der Waals surface area contributed by atoms with Crippen LogP contribution in [0.25, 0.3) is 0 Å². The van der Waals surface area contributed by atoms with Crippen LogP contribution in [-0.4, -0.2) is 17.1 Å². The van der Waals surface area contributed by atoms with Crippen molar-refractivity contribution in [2.24, 2.45) is 5.92 Å². The van der Waals surface area contributed by atoms with Crippen LogP contribution in [0.4, 0.5) is 0 Å². The lowest BCUT2D eigenvalue weighted by Crippen LogP contribution is -2.05. The van der Waals surface area contributed by atoms with Crippen LogP contribution < -0.4 is 0 Å². The van der Waals surface area contributed by atoms with Crippen LogP contribution in [0.3, 0.4) is 0 Å². The van der Waals surface area contributed by atoms with Gasteiger partial charge in [-0.05, 0) is 19.3 Å². The van der Waals surface area contributed by atoms with E-state index in [4.69, 9.17) is 16.7 Å². The number of halogens is 1. The average molecular weight is 137 g/mol. The van der Waals surface area contributed by atoms with Gasteiger partial charge in [0.1, 0.15) is 0 Å². The van der Waals surface area contributed by atoms with Gasteiger partial charge in [0, 0.05) is 12.0 Å². The van der Waals surface area contributed by atoms with Crippen LogP contribution >= 0.6 is 11.6 Å². The molecule has 2 unspecified atom stereocenters. The highest BCUT2D eigenvalue weighted by atomic mass is 35.5. The molecule has 0 saturated carbocycles. The van der Waals surface area contributed by atoms with Gasteiger partial charge < -0.3 is 5.11 Å². The van der Waals surface area contributed by atoms with Gasteiger partial charge in [-0.3, -0.25) is 0 Å². The van der Waals surface area contributed by atoms with Gasteiger partial charge in [-0.15, -0.1) is 11.6 Å². The highest BCUT2D eigenvalue weighted by molar-refractivity contribution is 6.20. The van der Waals surface area contributed by atoms with E-state index in [0.717, 1.165) is 6.42 Å². The molecule has 0 radical (unpaired) electrons. The van der Waals surface area contributed by atoms with Gasteiger partial charge in [-0.25, -0.2) is 0 Å². The Morgan fingerprint density at radius 1 is 1.50 bits per heavy atom. The first-order chi connectivity index (χ1) is 3.66. The summed E-state index contributed by atoms with van der Waals surface area (Å²) in [6.07, 6.45) is 0.901. The van der Waals surface area contributed by atoms with Crippen molar-refractivity contribution in [2.75, 3.05) is 6.61 Å². The Bertz CT molecular complexity index is 54.5. The lowest BCUT2D eigenvalue weighted by Gasteiger charge is -2.07. The van der Waals surface area contributed by atoms with E-state index in [1.165, 1.54) is 0 Å². The summed E-state index contributed by atoms with van der Waals surface area (Å²) < 4.78 is 0. The molecule has 1 nitrogen and oxygen atoms in total. The van der Waals surface area contributed by atoms with Crippen molar-refractivity contribution in [1.82, 2.24) is 0 Å². The van der Waals surface area contributed by atoms with Gasteiger partial charge in [-0.2, -0.15) is 0 Å². The third-order valence-corrected chi connectivity index (χ3v) is 1.22. The zero-order chi connectivity index (χ0) is 6.57. The summed E-state index contributed by atoms with van der Waals surface area (Å²) in [5, 5.41) is 8.72. The smallest absolute Gasteiger partial charge is 0.0457 e. The van der Waals surface area contributed by atoms with Crippen molar-refractivity contribution in [3.63, 3.8) is 0 Å². The highest BCUT2D eigenvalue weighted by Crippen LogP contribution is 2.08. The minimum absolute atomic E-state index is 0.192. The first kappa shape index (κ1) is 8.25. The second kappa shape index (κ2) is 4.16. The molecule has 0 amide bonds. The number of alkyl halides is 1. The van der Waals surface area contributed by atoms with Gasteiger partial charge in [-0.1, -0.05) is 6.92 Å². The van der Waals surface area contributed by atoms with Crippen LogP contribution in [0, 0.1) is 5.92 Å². The molecule has 2 heteroatoms. The quantitative estimate of drug-likeness (QED) is 0.585. The zero-order valence-corrected chi connectivity index (χ0v) is 6.15. The molecule has 0 aromatic rings. The molecule has 0 saturated heterocycles. The molecule has 0 aliphatic heterocycles. The minimum atomic E-state index is 0.192. The number of aliphatic hydroxyl groups is 1. The Morgan fingerprint density at radius 3 is 2.12 bits per heavy atom. The van der Waals surface area contributed by atoms with Crippen LogP contribution in [-0.2, 0) is 0 Å². The van der Waals surface area contributed by atoms with E-state index in [2.05, 4.69) is 0 Å². The topological polar surface area (TPSA) is 20.2 Å². The third kappa shape index (κ3) is 4.41. The Hall–Kier alpha value is 0.250. The van der Waals surface area contributed by atoms with Gasteiger partial charge in [0.25, 0.3) is 0 Å². The van der Waals surface area contributed by atoms with Crippen LogP contribution in [0.1, 0.15) is 20.3 Å². The lowest BCUT2D eigenvalue weighted by molar-refractivity contribution is 0.230. The SMILES string of the molecule is CC(Cl)CC(C)CO. The van der Waals surface area contributed by atoms with Crippen molar-refractivity contribution in [3.05, 3.63) is 0 Å². The van der Waals surface area contributed by atoms with E-state index in [1.54, 1.807) is 0 Å². The lowest BCUT2D eigenvalue weighted by atomic mass is 10.1. The fourth-order valence-electron chi connectivity index (χ4n) is 0.629. The zero-order valence-electron chi connectivity index (χ0n) is 5.39. The van der Waals surface area contributed by atoms with E-state index < -0.39 is 0 Å². The monoisotopic (exact) mass is 136 g/mol. The minimum Gasteiger partial charge on any atom is -0.396 e. The molecule has 2 atom stereocenters. The first-order valence-corrected chi connectivity index (χ1v) is 3.35. The van der Waals surface area contributed by atoms with Crippen LogP contribution in [0.5, 0.6) is 0 Å². The predicted octanol–water partition coefficient (Wildman–Crippen LogP) is 1.63. The second-order valence-electron chi connectivity index (χ2n) is 2.30. The number of aliphatic hydroxyl groups excluding tert-OH is 1. The largest absolute Gasteiger partial charge is 0.396 e. The summed E-state index contributed by atoms with van der Waals surface area (Å²) in [4.78, 5) is 0. The van der Waals surface area contributed by atoms with E-state index in [0.29, 0.717) is 5.92 Å². The molecule has 0 aliphatic carbocycles. The van der Waals surface area contributed by atoms with E-state index in [1.807, 2.05) is 13.8 Å². The summed E-state index contributed by atoms with van der Waals surface area (Å²) in [5.41, 5.74) is 0. The van der Waals surface area contributed by atoms with Crippen LogP contribution in [0.15, 0.2) is 0 Å². The van der Waals surface area contributed by atoms with E-state index in [-0.39, 0.29) is 12.0 Å². The maximum atomic E-state index is 8.53. The molecule has 50 valence electrons. The molecule has 0 aromatic carbocycles. The molecule has 0 heterocycles. The first-order valence-electron chi connectivity index (χ1n) is 2.91. The molecule has 1 N–H and O–H groups in total. The molecular formula is C6H13ClO. The predicted molar refractivity (Wildman–Crippen MR) is 36.2 cm³/mol. The summed E-state index contributed by atoms with van der Waals surface area (Å²) >= 11 is 5.64. The second-order valence-corrected chi connectivity index (χ2v) is 3.05. The Labute approximate surface area is 55.7 Å². The molecule has 0 spiro atoms. The molecule has 8 heavy (non-hydrogen) atoms. The van der Waals surface area contributed by atoms with Crippen molar-refractivity contribution in [3.8, 4) is 0 Å². The Kier molecular flexibility index (Phi) is 4.29. The Balaban J connectivity index is 3.10. The normalized spacial score (nSPS) is 18.0. The van der Waals surface area contributed by atoms with E-state index in [9.17, 15) is 0 Å². The molecule has 0 bridgehead atoms. The van der Waals surface area contributed by atoms with Gasteiger partial charge >= 0.3 is 0 Å². The van der Waals surface area contributed by atoms with E-state index >= 15 is 0 Å². The third-order valence-electron chi connectivity index (χ3n) is 1.04. The molecule has 0 aromatic heterocycles. The number of hydrogen-bond donors (Lipinski definition) is 1. The molecular weight excluding hydrogens is 124 g/mol. The maximum absolute atomic E-state index is 8.53. The molecule has 0 fully saturated rings.